The van der Waals surface area contributed by atoms with Gasteiger partial charge in [0.2, 0.25) is 6.23 Å². The fourth-order valence-electron chi connectivity index (χ4n) is 3.99. The second-order valence-electron chi connectivity index (χ2n) is 6.69. The molecule has 1 saturated carbocycles. The van der Waals surface area contributed by atoms with Gasteiger partial charge in [0, 0.05) is 26.0 Å². The number of halogens is 2. The Morgan fingerprint density at radius 1 is 1.32 bits per heavy atom. The Balaban J connectivity index is 0.00000225. The van der Waals surface area contributed by atoms with Crippen LogP contribution in [0.25, 0.3) is 0 Å². The quantitative estimate of drug-likeness (QED) is 0.492. The van der Waals surface area contributed by atoms with Gasteiger partial charge in [-0.1, -0.05) is 18.0 Å². The third kappa shape index (κ3) is 3.74. The molecule has 1 aliphatic heterocycles. The number of anilines is 1. The van der Waals surface area contributed by atoms with Crippen LogP contribution in [0.2, 0.25) is 5.02 Å². The van der Waals surface area contributed by atoms with E-state index in [9.17, 15) is 4.79 Å². The standard InChI is InChI=1S/C17H24ClN3O3.BrH/c1-23-13-9-12(19)11(18)8-10(13)15(22)20-14-16(24-2)21-17(14)6-4-3-5-7-17;/h8-9,14,16,21H,3-7,19H2,1-2H3,(H,20,22);1H/t14-,16+;/m1./s1. The fourth-order valence-corrected chi connectivity index (χ4v) is 4.15. The van der Waals surface area contributed by atoms with Crippen LogP contribution >= 0.6 is 11.6 Å². The zero-order chi connectivity index (χ0) is 17.3. The first-order chi connectivity index (χ1) is 11.5. The number of nitrogens with one attached hydrogen (secondary N) is 1. The summed E-state index contributed by atoms with van der Waals surface area (Å²) in [5.41, 5.74) is 6.63. The summed E-state index contributed by atoms with van der Waals surface area (Å²) in [7, 11) is 3.19. The molecule has 6 nitrogen and oxygen atoms in total. The normalized spacial score (nSPS) is 24.1. The Morgan fingerprint density at radius 3 is 2.60 bits per heavy atom. The molecule has 2 fully saturated rings. The number of hydrogen-bond donors (Lipinski definition) is 3. The van der Waals surface area contributed by atoms with Crippen LogP contribution in [0.5, 0.6) is 5.75 Å². The van der Waals surface area contributed by atoms with Crippen LogP contribution in [-0.2, 0) is 4.74 Å². The minimum absolute atomic E-state index is 0. The number of amides is 1. The molecule has 1 spiro atoms. The van der Waals surface area contributed by atoms with Crippen molar-refractivity contribution < 1.29 is 36.6 Å². The van der Waals surface area contributed by atoms with Crippen LogP contribution < -0.4 is 38.1 Å². The molecule has 1 aromatic carbocycles. The van der Waals surface area contributed by atoms with Crippen molar-refractivity contribution in [2.24, 2.45) is 0 Å². The predicted molar refractivity (Wildman–Crippen MR) is 92.2 cm³/mol. The third-order valence-electron chi connectivity index (χ3n) is 5.35. The van der Waals surface area contributed by atoms with E-state index in [0.29, 0.717) is 22.0 Å². The van der Waals surface area contributed by atoms with Crippen LogP contribution in [0, 0.1) is 0 Å². The molecular weight excluding hydrogens is 410 g/mol. The molecule has 1 saturated heterocycles. The third-order valence-corrected chi connectivity index (χ3v) is 5.68. The van der Waals surface area contributed by atoms with Gasteiger partial charge in [0.15, 0.2) is 6.04 Å². The summed E-state index contributed by atoms with van der Waals surface area (Å²) in [4.78, 5) is 12.8. The van der Waals surface area contributed by atoms with E-state index in [1.165, 1.54) is 26.4 Å². The zero-order valence-corrected chi connectivity index (χ0v) is 16.8. The molecule has 2 aliphatic rings. The van der Waals surface area contributed by atoms with E-state index in [2.05, 4.69) is 10.6 Å². The van der Waals surface area contributed by atoms with Gasteiger partial charge in [-0.25, -0.2) is 0 Å². The lowest BCUT2D eigenvalue weighted by Crippen LogP contribution is -3.17. The number of rotatable bonds is 4. The Morgan fingerprint density at radius 2 is 2.00 bits per heavy atom. The number of hydrogen-bond acceptors (Lipinski definition) is 4. The molecule has 5 N–H and O–H groups in total. The molecule has 0 bridgehead atoms. The van der Waals surface area contributed by atoms with Crippen molar-refractivity contribution >= 4 is 23.2 Å². The fraction of sp³-hybridized carbons (Fsp3) is 0.588. The number of quaternary nitrogens is 1. The number of nitrogen functional groups attached to an aromatic ring is 1. The Labute approximate surface area is 163 Å². The average Bonchev–Trinajstić information content (AvgIpc) is 2.60. The molecule has 0 aromatic heterocycles. The smallest absolute Gasteiger partial charge is 0.255 e. The van der Waals surface area contributed by atoms with E-state index in [1.54, 1.807) is 19.2 Å². The summed E-state index contributed by atoms with van der Waals surface area (Å²) in [6.07, 6.45) is 5.78. The summed E-state index contributed by atoms with van der Waals surface area (Å²) in [5.74, 6) is 0.211. The minimum Gasteiger partial charge on any atom is -1.00 e. The maximum Gasteiger partial charge on any atom is 0.255 e. The average molecular weight is 435 g/mol. The van der Waals surface area contributed by atoms with E-state index >= 15 is 0 Å². The first-order valence-corrected chi connectivity index (χ1v) is 8.71. The van der Waals surface area contributed by atoms with Crippen LogP contribution in [0.1, 0.15) is 42.5 Å². The number of carbonyl (C=O) groups excluding carboxylic acids is 1. The van der Waals surface area contributed by atoms with Gasteiger partial charge in [0.25, 0.3) is 5.91 Å². The van der Waals surface area contributed by atoms with Gasteiger partial charge in [-0.3, -0.25) is 4.79 Å². The van der Waals surface area contributed by atoms with Crippen molar-refractivity contribution in [2.75, 3.05) is 20.0 Å². The van der Waals surface area contributed by atoms with Gasteiger partial charge in [0.1, 0.15) is 11.3 Å². The monoisotopic (exact) mass is 433 g/mol. The summed E-state index contributed by atoms with van der Waals surface area (Å²) < 4.78 is 10.8. The molecule has 2 atom stereocenters. The van der Waals surface area contributed by atoms with Crippen molar-refractivity contribution in [3.8, 4) is 5.75 Å². The molecule has 140 valence electrons. The van der Waals surface area contributed by atoms with Crippen molar-refractivity contribution in [1.82, 2.24) is 5.32 Å². The second-order valence-corrected chi connectivity index (χ2v) is 7.09. The number of nitrogens with two attached hydrogens (primary N) is 2. The van der Waals surface area contributed by atoms with Crippen LogP contribution in [0.3, 0.4) is 0 Å². The second kappa shape index (κ2) is 8.12. The summed E-state index contributed by atoms with van der Waals surface area (Å²) in [6, 6.07) is 3.12. The van der Waals surface area contributed by atoms with Gasteiger partial charge >= 0.3 is 0 Å². The Kier molecular flexibility index (Phi) is 6.59. The Bertz CT molecular complexity index is 638. The summed E-state index contributed by atoms with van der Waals surface area (Å²) >= 11 is 6.08. The number of carbonyl (C=O) groups is 1. The highest BCUT2D eigenvalue weighted by Crippen LogP contribution is 2.34. The molecule has 1 aromatic rings. The number of methoxy groups -OCH3 is 2. The molecule has 0 radical (unpaired) electrons. The predicted octanol–water partition coefficient (Wildman–Crippen LogP) is -1.71. The first-order valence-electron chi connectivity index (χ1n) is 8.33. The summed E-state index contributed by atoms with van der Waals surface area (Å²) in [6.45, 7) is 0. The lowest BCUT2D eigenvalue weighted by atomic mass is 9.70. The van der Waals surface area contributed by atoms with Crippen molar-refractivity contribution in [2.45, 2.75) is 49.9 Å². The minimum atomic E-state index is -0.209. The van der Waals surface area contributed by atoms with Crippen LogP contribution in [-0.4, -0.2) is 37.9 Å². The zero-order valence-electron chi connectivity index (χ0n) is 14.5. The Hall–Kier alpha value is -1.02. The number of benzene rings is 1. The SMILES string of the molecule is COc1cc(N)c(Cl)cc1C(=O)N[C@@H]1[C@H](OC)[NH2+]C12CCCCC2.[Br-]. The maximum absolute atomic E-state index is 12.8. The maximum atomic E-state index is 12.8. The topological polar surface area (TPSA) is 90.2 Å². The van der Waals surface area contributed by atoms with E-state index in [4.69, 9.17) is 26.8 Å². The van der Waals surface area contributed by atoms with E-state index < -0.39 is 0 Å². The molecule has 1 amide bonds. The summed E-state index contributed by atoms with van der Waals surface area (Å²) in [5, 5.41) is 5.74. The van der Waals surface area contributed by atoms with E-state index in [0.717, 1.165) is 12.8 Å². The highest BCUT2D eigenvalue weighted by atomic mass is 79.9. The molecular formula is C17H25BrClN3O3. The lowest BCUT2D eigenvalue weighted by molar-refractivity contribution is -0.855. The van der Waals surface area contributed by atoms with Crippen LogP contribution in [0.4, 0.5) is 5.69 Å². The molecule has 0 unspecified atom stereocenters. The molecule has 8 heteroatoms. The molecule has 3 rings (SSSR count). The number of ether oxygens (including phenoxy) is 2. The van der Waals surface area contributed by atoms with Crippen molar-refractivity contribution in [3.63, 3.8) is 0 Å². The van der Waals surface area contributed by atoms with Gasteiger partial charge < -0.3 is 42.8 Å². The van der Waals surface area contributed by atoms with Crippen LogP contribution in [0.15, 0.2) is 12.1 Å². The van der Waals surface area contributed by atoms with Gasteiger partial charge in [0.05, 0.1) is 23.4 Å². The van der Waals surface area contributed by atoms with E-state index in [-0.39, 0.29) is 40.7 Å². The molecule has 25 heavy (non-hydrogen) atoms. The molecule has 1 aliphatic carbocycles. The van der Waals surface area contributed by atoms with Crippen molar-refractivity contribution in [3.05, 3.63) is 22.7 Å². The first kappa shape index (κ1) is 20.3. The largest absolute Gasteiger partial charge is 1.00 e. The van der Waals surface area contributed by atoms with Gasteiger partial charge in [-0.15, -0.1) is 0 Å². The highest BCUT2D eigenvalue weighted by Gasteiger charge is 2.60. The lowest BCUT2D eigenvalue weighted by Gasteiger charge is -2.52. The van der Waals surface area contributed by atoms with E-state index in [1.807, 2.05) is 0 Å². The van der Waals surface area contributed by atoms with Crippen molar-refractivity contribution in [1.29, 1.82) is 0 Å². The van der Waals surface area contributed by atoms with Gasteiger partial charge in [-0.2, -0.15) is 0 Å². The van der Waals surface area contributed by atoms with Gasteiger partial charge in [-0.05, 0) is 18.9 Å². The molecule has 1 heterocycles. The highest BCUT2D eigenvalue weighted by molar-refractivity contribution is 6.33.